The molecule has 1 amide bonds. The highest BCUT2D eigenvalue weighted by molar-refractivity contribution is 5.69. The molecule has 1 atom stereocenters. The zero-order valence-electron chi connectivity index (χ0n) is 12.0. The maximum Gasteiger partial charge on any atom is 0.410 e. The second-order valence-electron chi connectivity index (χ2n) is 5.89. The summed E-state index contributed by atoms with van der Waals surface area (Å²) in [6.45, 7) is 1.48. The van der Waals surface area contributed by atoms with Gasteiger partial charge in [-0.2, -0.15) is 0 Å². The summed E-state index contributed by atoms with van der Waals surface area (Å²) in [5, 5.41) is 9.20. The molecule has 21 heavy (non-hydrogen) atoms. The van der Waals surface area contributed by atoms with Gasteiger partial charge in [0.25, 0.3) is 0 Å². The van der Waals surface area contributed by atoms with E-state index >= 15 is 0 Å². The standard InChI is InChI=1S/C16H21NO4/c18-9-14-7-4-8-16(21-14)11-17(12-16)15(19)20-10-13-5-2-1-3-6-13/h1-3,5-6,14,18H,4,7-12H2. The van der Waals surface area contributed by atoms with Crippen molar-refractivity contribution in [1.82, 2.24) is 4.90 Å². The minimum atomic E-state index is -0.292. The zero-order valence-corrected chi connectivity index (χ0v) is 12.0. The molecule has 2 aliphatic rings. The van der Waals surface area contributed by atoms with Crippen molar-refractivity contribution in [3.8, 4) is 0 Å². The molecule has 2 saturated heterocycles. The van der Waals surface area contributed by atoms with Crippen LogP contribution in [0.2, 0.25) is 0 Å². The molecule has 1 spiro atoms. The summed E-state index contributed by atoms with van der Waals surface area (Å²) in [5.41, 5.74) is 0.729. The molecule has 3 rings (SSSR count). The minimum Gasteiger partial charge on any atom is -0.445 e. The number of rotatable bonds is 3. The van der Waals surface area contributed by atoms with Crippen LogP contribution in [0.1, 0.15) is 24.8 Å². The second kappa shape index (κ2) is 6.03. The first-order valence-corrected chi connectivity index (χ1v) is 7.45. The maximum absolute atomic E-state index is 12.0. The minimum absolute atomic E-state index is 0.0558. The van der Waals surface area contributed by atoms with Crippen LogP contribution in [0, 0.1) is 0 Å². The Balaban J connectivity index is 1.46. The van der Waals surface area contributed by atoms with E-state index < -0.39 is 0 Å². The molecule has 1 aromatic rings. The molecule has 1 unspecified atom stereocenters. The maximum atomic E-state index is 12.0. The van der Waals surface area contributed by atoms with E-state index in [1.54, 1.807) is 4.90 Å². The van der Waals surface area contributed by atoms with E-state index in [0.717, 1.165) is 24.8 Å². The normalized spacial score (nSPS) is 23.7. The van der Waals surface area contributed by atoms with Gasteiger partial charge in [-0.05, 0) is 24.8 Å². The van der Waals surface area contributed by atoms with E-state index in [0.29, 0.717) is 19.7 Å². The Hall–Kier alpha value is -1.59. The van der Waals surface area contributed by atoms with E-state index in [-0.39, 0.29) is 24.4 Å². The van der Waals surface area contributed by atoms with Gasteiger partial charge in [-0.3, -0.25) is 0 Å². The average molecular weight is 291 g/mol. The van der Waals surface area contributed by atoms with Crippen molar-refractivity contribution in [2.75, 3.05) is 19.7 Å². The van der Waals surface area contributed by atoms with E-state index in [2.05, 4.69) is 0 Å². The van der Waals surface area contributed by atoms with Gasteiger partial charge < -0.3 is 19.5 Å². The molecule has 5 heteroatoms. The van der Waals surface area contributed by atoms with Gasteiger partial charge in [-0.15, -0.1) is 0 Å². The van der Waals surface area contributed by atoms with Gasteiger partial charge in [-0.1, -0.05) is 30.3 Å². The smallest absolute Gasteiger partial charge is 0.410 e. The molecule has 1 N–H and O–H groups in total. The SMILES string of the molecule is O=C(OCc1ccccc1)N1CC2(CCCC(CO)O2)C1. The Morgan fingerprint density at radius 1 is 1.38 bits per heavy atom. The van der Waals surface area contributed by atoms with Crippen molar-refractivity contribution < 1.29 is 19.4 Å². The Labute approximate surface area is 124 Å². The first kappa shape index (κ1) is 14.4. The van der Waals surface area contributed by atoms with Crippen LogP contribution in [0.3, 0.4) is 0 Å². The predicted octanol–water partition coefficient (Wildman–Crippen LogP) is 1.94. The molecule has 2 fully saturated rings. The number of carbonyl (C=O) groups excluding carboxylic acids is 1. The van der Waals surface area contributed by atoms with Crippen LogP contribution in [0.4, 0.5) is 4.79 Å². The van der Waals surface area contributed by atoms with Crippen molar-refractivity contribution >= 4 is 6.09 Å². The van der Waals surface area contributed by atoms with Crippen molar-refractivity contribution in [1.29, 1.82) is 0 Å². The quantitative estimate of drug-likeness (QED) is 0.924. The number of aliphatic hydroxyl groups is 1. The Bertz CT molecular complexity index is 484. The molecule has 2 aliphatic heterocycles. The van der Waals surface area contributed by atoms with Gasteiger partial charge in [0.1, 0.15) is 12.2 Å². The Morgan fingerprint density at radius 3 is 2.86 bits per heavy atom. The summed E-state index contributed by atoms with van der Waals surface area (Å²) in [5.74, 6) is 0. The second-order valence-corrected chi connectivity index (χ2v) is 5.89. The molecule has 114 valence electrons. The third kappa shape index (κ3) is 3.19. The summed E-state index contributed by atoms with van der Waals surface area (Å²) in [6, 6.07) is 9.64. The van der Waals surface area contributed by atoms with Crippen LogP contribution in [0.5, 0.6) is 0 Å². The highest BCUT2D eigenvalue weighted by Gasteiger charge is 2.49. The average Bonchev–Trinajstić information content (AvgIpc) is 2.51. The number of amides is 1. The lowest BCUT2D eigenvalue weighted by Crippen LogP contribution is -2.67. The highest BCUT2D eigenvalue weighted by atomic mass is 16.6. The summed E-state index contributed by atoms with van der Waals surface area (Å²) in [4.78, 5) is 13.6. The van der Waals surface area contributed by atoms with Gasteiger partial charge in [-0.25, -0.2) is 4.79 Å². The fourth-order valence-corrected chi connectivity index (χ4v) is 3.07. The van der Waals surface area contributed by atoms with Crippen molar-refractivity contribution in [2.24, 2.45) is 0 Å². The molecule has 1 aromatic carbocycles. The van der Waals surface area contributed by atoms with E-state index in [9.17, 15) is 9.90 Å². The summed E-state index contributed by atoms with van der Waals surface area (Å²) in [6.07, 6.45) is 2.52. The van der Waals surface area contributed by atoms with Gasteiger partial charge in [0.2, 0.25) is 0 Å². The van der Waals surface area contributed by atoms with Crippen molar-refractivity contribution in [3.05, 3.63) is 35.9 Å². The molecule has 0 aliphatic carbocycles. The number of aliphatic hydroxyl groups excluding tert-OH is 1. The number of likely N-dealkylation sites (tertiary alicyclic amines) is 1. The van der Waals surface area contributed by atoms with Crippen LogP contribution in [-0.2, 0) is 16.1 Å². The number of carbonyl (C=O) groups is 1. The highest BCUT2D eigenvalue weighted by Crippen LogP contribution is 2.36. The predicted molar refractivity (Wildman–Crippen MR) is 76.7 cm³/mol. The zero-order chi connectivity index (χ0) is 14.7. The Kier molecular flexibility index (Phi) is 4.12. The van der Waals surface area contributed by atoms with Gasteiger partial charge in [0.15, 0.2) is 0 Å². The molecule has 0 radical (unpaired) electrons. The molecular weight excluding hydrogens is 270 g/mol. The van der Waals surface area contributed by atoms with Crippen LogP contribution in [0.15, 0.2) is 30.3 Å². The molecule has 0 saturated carbocycles. The van der Waals surface area contributed by atoms with Crippen LogP contribution in [0.25, 0.3) is 0 Å². The number of nitrogens with zero attached hydrogens (tertiary/aromatic N) is 1. The molecule has 5 nitrogen and oxygen atoms in total. The largest absolute Gasteiger partial charge is 0.445 e. The van der Waals surface area contributed by atoms with Crippen LogP contribution < -0.4 is 0 Å². The first-order valence-electron chi connectivity index (χ1n) is 7.45. The Morgan fingerprint density at radius 2 is 2.14 bits per heavy atom. The summed E-state index contributed by atoms with van der Waals surface area (Å²) >= 11 is 0. The fraction of sp³-hybridized carbons (Fsp3) is 0.562. The molecule has 0 bridgehead atoms. The molecular formula is C16H21NO4. The van der Waals surface area contributed by atoms with E-state index in [1.165, 1.54) is 0 Å². The third-order valence-electron chi connectivity index (χ3n) is 4.20. The van der Waals surface area contributed by atoms with E-state index in [1.807, 2.05) is 30.3 Å². The number of hydrogen-bond acceptors (Lipinski definition) is 4. The summed E-state index contributed by atoms with van der Waals surface area (Å²) < 4.78 is 11.2. The number of hydrogen-bond donors (Lipinski definition) is 1. The fourth-order valence-electron chi connectivity index (χ4n) is 3.07. The topological polar surface area (TPSA) is 59.0 Å². The van der Waals surface area contributed by atoms with Crippen molar-refractivity contribution in [2.45, 2.75) is 37.6 Å². The van der Waals surface area contributed by atoms with Crippen LogP contribution in [-0.4, -0.2) is 47.5 Å². The lowest BCUT2D eigenvalue weighted by atomic mass is 9.85. The van der Waals surface area contributed by atoms with Gasteiger partial charge in [0.05, 0.1) is 25.8 Å². The summed E-state index contributed by atoms with van der Waals surface area (Å²) in [7, 11) is 0. The first-order chi connectivity index (χ1) is 10.2. The monoisotopic (exact) mass is 291 g/mol. The molecule has 2 heterocycles. The molecule has 0 aromatic heterocycles. The number of benzene rings is 1. The number of ether oxygens (including phenoxy) is 2. The lowest BCUT2D eigenvalue weighted by Gasteiger charge is -2.52. The van der Waals surface area contributed by atoms with Gasteiger partial charge >= 0.3 is 6.09 Å². The van der Waals surface area contributed by atoms with Crippen LogP contribution >= 0.6 is 0 Å². The van der Waals surface area contributed by atoms with Gasteiger partial charge in [0, 0.05) is 0 Å². The lowest BCUT2D eigenvalue weighted by molar-refractivity contribution is -0.198. The third-order valence-corrected chi connectivity index (χ3v) is 4.20. The van der Waals surface area contributed by atoms with E-state index in [4.69, 9.17) is 9.47 Å². The van der Waals surface area contributed by atoms with Crippen molar-refractivity contribution in [3.63, 3.8) is 0 Å².